The maximum absolute atomic E-state index is 12.0. The van der Waals surface area contributed by atoms with Crippen LogP contribution in [0.25, 0.3) is 0 Å². The molecule has 110 valence electrons. The van der Waals surface area contributed by atoms with Gasteiger partial charge in [0.05, 0.1) is 12.7 Å². The summed E-state index contributed by atoms with van der Waals surface area (Å²) in [5.74, 6) is -0.0427. The Bertz CT molecular complexity index is 428. The van der Waals surface area contributed by atoms with Crippen molar-refractivity contribution >= 4 is 5.91 Å². The van der Waals surface area contributed by atoms with E-state index in [-0.39, 0.29) is 5.91 Å². The third-order valence-electron chi connectivity index (χ3n) is 3.67. The van der Waals surface area contributed by atoms with E-state index in [2.05, 4.69) is 5.32 Å². The molecule has 0 unspecified atom stereocenters. The van der Waals surface area contributed by atoms with Crippen LogP contribution >= 0.6 is 0 Å². The van der Waals surface area contributed by atoms with Gasteiger partial charge in [0.15, 0.2) is 0 Å². The van der Waals surface area contributed by atoms with Gasteiger partial charge in [-0.25, -0.2) is 0 Å². The number of hydrogen-bond acceptors (Lipinski definition) is 3. The molecule has 3 N–H and O–H groups in total. The van der Waals surface area contributed by atoms with E-state index >= 15 is 0 Å². The average molecular weight is 276 g/mol. The first-order chi connectivity index (χ1) is 9.79. The average Bonchev–Trinajstić information content (AvgIpc) is 2.97. The summed E-state index contributed by atoms with van der Waals surface area (Å²) in [5.41, 5.74) is 7.32. The summed E-state index contributed by atoms with van der Waals surface area (Å²) in [5, 5.41) is 2.90. The van der Waals surface area contributed by atoms with Gasteiger partial charge in [-0.2, -0.15) is 0 Å². The van der Waals surface area contributed by atoms with E-state index in [1.807, 2.05) is 24.3 Å². The maximum atomic E-state index is 12.0. The predicted molar refractivity (Wildman–Crippen MR) is 79.7 cm³/mol. The number of rotatable bonds is 7. The van der Waals surface area contributed by atoms with Crippen molar-refractivity contribution in [3.63, 3.8) is 0 Å². The van der Waals surface area contributed by atoms with Gasteiger partial charge in [-0.05, 0) is 43.5 Å². The van der Waals surface area contributed by atoms with Crippen molar-refractivity contribution in [1.82, 2.24) is 5.32 Å². The Morgan fingerprint density at radius 3 is 2.90 bits per heavy atom. The molecule has 0 spiro atoms. The van der Waals surface area contributed by atoms with E-state index in [0.29, 0.717) is 31.4 Å². The van der Waals surface area contributed by atoms with Gasteiger partial charge >= 0.3 is 0 Å². The number of nitrogens with two attached hydrogens (primary N) is 1. The lowest BCUT2D eigenvalue weighted by molar-refractivity contribution is 0.0582. The van der Waals surface area contributed by atoms with Crippen molar-refractivity contribution in [2.45, 2.75) is 38.2 Å². The Morgan fingerprint density at radius 2 is 2.15 bits per heavy atom. The molecule has 0 saturated heterocycles. The lowest BCUT2D eigenvalue weighted by Gasteiger charge is -2.11. The van der Waals surface area contributed by atoms with E-state index in [9.17, 15) is 4.79 Å². The molecule has 1 saturated carbocycles. The second-order valence-electron chi connectivity index (χ2n) is 5.27. The van der Waals surface area contributed by atoms with Crippen LogP contribution in [0.1, 0.15) is 41.6 Å². The first-order valence-electron chi connectivity index (χ1n) is 7.48. The minimum Gasteiger partial charge on any atom is -0.376 e. The highest BCUT2D eigenvalue weighted by Gasteiger charge is 2.14. The third kappa shape index (κ3) is 4.62. The topological polar surface area (TPSA) is 64.4 Å². The minimum atomic E-state index is -0.0427. The molecule has 4 nitrogen and oxygen atoms in total. The van der Waals surface area contributed by atoms with Gasteiger partial charge in [0.2, 0.25) is 0 Å². The molecule has 20 heavy (non-hydrogen) atoms. The molecule has 1 fully saturated rings. The number of carbonyl (C=O) groups is 1. The van der Waals surface area contributed by atoms with Crippen molar-refractivity contribution in [2.24, 2.45) is 5.73 Å². The molecular weight excluding hydrogens is 252 g/mol. The number of ether oxygens (including phenoxy) is 1. The third-order valence-corrected chi connectivity index (χ3v) is 3.67. The van der Waals surface area contributed by atoms with Gasteiger partial charge in [0, 0.05) is 12.1 Å². The fraction of sp³-hybridized carbons (Fsp3) is 0.562. The van der Waals surface area contributed by atoms with Crippen molar-refractivity contribution < 1.29 is 9.53 Å². The lowest BCUT2D eigenvalue weighted by Crippen LogP contribution is -2.28. The Morgan fingerprint density at radius 1 is 1.35 bits per heavy atom. The largest absolute Gasteiger partial charge is 0.376 e. The lowest BCUT2D eigenvalue weighted by atomic mass is 10.1. The number of nitrogens with one attached hydrogen (secondary N) is 1. The predicted octanol–water partition coefficient (Wildman–Crippen LogP) is 1.88. The normalized spacial score (nSPS) is 15.4. The van der Waals surface area contributed by atoms with Gasteiger partial charge in [-0.3, -0.25) is 4.79 Å². The van der Waals surface area contributed by atoms with Crippen molar-refractivity contribution in [1.29, 1.82) is 0 Å². The fourth-order valence-electron chi connectivity index (χ4n) is 2.58. The van der Waals surface area contributed by atoms with Crippen LogP contribution in [0.4, 0.5) is 0 Å². The van der Waals surface area contributed by atoms with Crippen molar-refractivity contribution in [2.75, 3.05) is 19.7 Å². The van der Waals surface area contributed by atoms with Crippen LogP contribution in [0.15, 0.2) is 24.3 Å². The van der Waals surface area contributed by atoms with Gasteiger partial charge in [0.1, 0.15) is 0 Å². The Kier molecular flexibility index (Phi) is 6.02. The highest BCUT2D eigenvalue weighted by molar-refractivity contribution is 5.94. The minimum absolute atomic E-state index is 0.0427. The van der Waals surface area contributed by atoms with E-state index in [1.54, 1.807) is 0 Å². The molecule has 0 bridgehead atoms. The first-order valence-corrected chi connectivity index (χ1v) is 7.48. The van der Waals surface area contributed by atoms with Crippen LogP contribution < -0.4 is 11.1 Å². The zero-order valence-corrected chi connectivity index (χ0v) is 11.9. The van der Waals surface area contributed by atoms with Crippen LogP contribution in [0, 0.1) is 0 Å². The molecule has 0 radical (unpaired) electrons. The summed E-state index contributed by atoms with van der Waals surface area (Å²) in [6, 6.07) is 7.62. The zero-order chi connectivity index (χ0) is 14.2. The molecule has 1 aliphatic carbocycles. The van der Waals surface area contributed by atoms with E-state index < -0.39 is 0 Å². The molecule has 0 aliphatic heterocycles. The first kappa shape index (κ1) is 15.0. The monoisotopic (exact) mass is 276 g/mol. The van der Waals surface area contributed by atoms with Crippen LogP contribution in [-0.4, -0.2) is 31.7 Å². The summed E-state index contributed by atoms with van der Waals surface area (Å²) in [6.07, 6.45) is 6.06. The molecule has 4 heteroatoms. The summed E-state index contributed by atoms with van der Waals surface area (Å²) in [6.45, 7) is 1.76. The van der Waals surface area contributed by atoms with E-state index in [4.69, 9.17) is 10.5 Å². The van der Waals surface area contributed by atoms with Crippen LogP contribution in [0.5, 0.6) is 0 Å². The summed E-state index contributed by atoms with van der Waals surface area (Å²) in [4.78, 5) is 12.0. The molecule has 2 rings (SSSR count). The fourth-order valence-corrected chi connectivity index (χ4v) is 2.58. The van der Waals surface area contributed by atoms with Crippen LogP contribution in [0.3, 0.4) is 0 Å². The second-order valence-corrected chi connectivity index (χ2v) is 5.27. The molecule has 1 aromatic carbocycles. The van der Waals surface area contributed by atoms with Gasteiger partial charge in [-0.15, -0.1) is 0 Å². The Hall–Kier alpha value is -1.39. The molecular formula is C16H24N2O2. The van der Waals surface area contributed by atoms with E-state index in [1.165, 1.54) is 12.8 Å². The standard InChI is InChI=1S/C16H24N2O2/c17-9-8-13-4-3-5-14(12-13)16(19)18-10-11-20-15-6-1-2-7-15/h3-5,12,15H,1-2,6-11,17H2,(H,18,19). The molecule has 1 amide bonds. The highest BCUT2D eigenvalue weighted by atomic mass is 16.5. The van der Waals surface area contributed by atoms with Crippen LogP contribution in [0.2, 0.25) is 0 Å². The van der Waals surface area contributed by atoms with Crippen LogP contribution in [-0.2, 0) is 11.2 Å². The summed E-state index contributed by atoms with van der Waals surface area (Å²) >= 11 is 0. The Balaban J connectivity index is 1.72. The van der Waals surface area contributed by atoms with Gasteiger partial charge < -0.3 is 15.8 Å². The zero-order valence-electron chi connectivity index (χ0n) is 11.9. The second kappa shape index (κ2) is 8.02. The quantitative estimate of drug-likeness (QED) is 0.747. The smallest absolute Gasteiger partial charge is 0.251 e. The van der Waals surface area contributed by atoms with Gasteiger partial charge in [0.25, 0.3) is 5.91 Å². The molecule has 1 aromatic rings. The molecule has 1 aliphatic rings. The SMILES string of the molecule is NCCc1cccc(C(=O)NCCOC2CCCC2)c1. The van der Waals surface area contributed by atoms with Gasteiger partial charge in [-0.1, -0.05) is 25.0 Å². The number of carbonyl (C=O) groups excluding carboxylic acids is 1. The maximum Gasteiger partial charge on any atom is 0.251 e. The van der Waals surface area contributed by atoms with Crippen molar-refractivity contribution in [3.05, 3.63) is 35.4 Å². The number of benzene rings is 1. The Labute approximate surface area is 120 Å². The summed E-state index contributed by atoms with van der Waals surface area (Å²) in [7, 11) is 0. The number of amides is 1. The summed E-state index contributed by atoms with van der Waals surface area (Å²) < 4.78 is 5.72. The van der Waals surface area contributed by atoms with E-state index in [0.717, 1.165) is 24.8 Å². The molecule has 0 aromatic heterocycles. The molecule has 0 heterocycles. The molecule has 0 atom stereocenters. The number of hydrogen-bond donors (Lipinski definition) is 2. The van der Waals surface area contributed by atoms with Crippen molar-refractivity contribution in [3.8, 4) is 0 Å². The highest BCUT2D eigenvalue weighted by Crippen LogP contribution is 2.20.